The van der Waals surface area contributed by atoms with Crippen LogP contribution in [0.15, 0.2) is 24.3 Å². The number of carbonyl (C=O) groups excluding carboxylic acids is 1. The Bertz CT molecular complexity index is 486. The molecule has 17 heavy (non-hydrogen) atoms. The van der Waals surface area contributed by atoms with E-state index in [4.69, 9.17) is 9.47 Å². The summed E-state index contributed by atoms with van der Waals surface area (Å²) in [6.07, 6.45) is -3.07. The van der Waals surface area contributed by atoms with Crippen molar-refractivity contribution in [1.82, 2.24) is 0 Å². The van der Waals surface area contributed by atoms with Crippen LogP contribution in [-0.2, 0) is 19.9 Å². The van der Waals surface area contributed by atoms with Crippen molar-refractivity contribution in [2.75, 3.05) is 7.11 Å². The zero-order valence-corrected chi connectivity index (χ0v) is 9.16. The van der Waals surface area contributed by atoms with E-state index in [-0.39, 0.29) is 0 Å². The van der Waals surface area contributed by atoms with Gasteiger partial charge in [0.2, 0.25) is 5.60 Å². The first kappa shape index (κ1) is 10.7. The molecule has 0 saturated carbocycles. The number of aliphatic hydroxyl groups is 2. The molecule has 0 amide bonds. The second kappa shape index (κ2) is 3.29. The highest BCUT2D eigenvalue weighted by Gasteiger charge is 2.66. The minimum absolute atomic E-state index is 0.578. The molecular formula is C12H12O5. The van der Waals surface area contributed by atoms with Crippen molar-refractivity contribution in [2.45, 2.75) is 23.9 Å². The Labute approximate surface area is 97.6 Å². The van der Waals surface area contributed by atoms with Crippen LogP contribution in [0.25, 0.3) is 0 Å². The lowest BCUT2D eigenvalue weighted by atomic mass is 9.78. The van der Waals surface area contributed by atoms with Crippen molar-refractivity contribution in [1.29, 1.82) is 0 Å². The van der Waals surface area contributed by atoms with Crippen LogP contribution in [0.4, 0.5) is 0 Å². The van der Waals surface area contributed by atoms with Crippen molar-refractivity contribution in [2.24, 2.45) is 0 Å². The van der Waals surface area contributed by atoms with Crippen LogP contribution in [0.5, 0.6) is 0 Å². The molecule has 5 nitrogen and oxygen atoms in total. The van der Waals surface area contributed by atoms with Crippen LogP contribution in [0.1, 0.15) is 17.2 Å². The van der Waals surface area contributed by atoms with Gasteiger partial charge in [-0.1, -0.05) is 24.3 Å². The predicted octanol–water partition coefficient (Wildman–Crippen LogP) is -0.138. The molecule has 0 aliphatic carbocycles. The third-order valence-corrected chi connectivity index (χ3v) is 3.52. The van der Waals surface area contributed by atoms with Crippen molar-refractivity contribution in [3.8, 4) is 0 Å². The molecule has 4 atom stereocenters. The largest absolute Gasteiger partial charge is 0.467 e. The molecule has 3 rings (SSSR count). The van der Waals surface area contributed by atoms with Crippen molar-refractivity contribution in [3.05, 3.63) is 35.4 Å². The van der Waals surface area contributed by atoms with Gasteiger partial charge in [0, 0.05) is 5.56 Å². The second-order valence-corrected chi connectivity index (χ2v) is 4.29. The van der Waals surface area contributed by atoms with E-state index in [2.05, 4.69) is 0 Å². The van der Waals surface area contributed by atoms with Crippen molar-refractivity contribution in [3.63, 3.8) is 0 Å². The molecular weight excluding hydrogens is 224 g/mol. The Morgan fingerprint density at radius 3 is 2.82 bits per heavy atom. The minimum atomic E-state index is -1.57. The average Bonchev–Trinajstić information content (AvgIpc) is 2.84. The highest BCUT2D eigenvalue weighted by molar-refractivity contribution is 5.85. The van der Waals surface area contributed by atoms with Gasteiger partial charge in [0.1, 0.15) is 18.3 Å². The van der Waals surface area contributed by atoms with Gasteiger partial charge in [-0.3, -0.25) is 0 Å². The Hall–Kier alpha value is -1.43. The average molecular weight is 236 g/mol. The van der Waals surface area contributed by atoms with Crippen LogP contribution in [-0.4, -0.2) is 35.5 Å². The van der Waals surface area contributed by atoms with Gasteiger partial charge in [0.15, 0.2) is 0 Å². The number of rotatable bonds is 1. The first-order valence-electron chi connectivity index (χ1n) is 5.34. The molecule has 0 spiro atoms. The maximum Gasteiger partial charge on any atom is 0.345 e. The topological polar surface area (TPSA) is 76.0 Å². The van der Waals surface area contributed by atoms with E-state index in [0.717, 1.165) is 5.56 Å². The lowest BCUT2D eigenvalue weighted by Gasteiger charge is -2.29. The number of carbonyl (C=O) groups is 1. The lowest BCUT2D eigenvalue weighted by molar-refractivity contribution is -0.175. The minimum Gasteiger partial charge on any atom is -0.467 e. The molecule has 5 heteroatoms. The third kappa shape index (κ3) is 1.06. The van der Waals surface area contributed by atoms with Gasteiger partial charge in [-0.2, -0.15) is 0 Å². The number of fused-ring (bicyclic) bond motifs is 5. The monoisotopic (exact) mass is 236 g/mol. The van der Waals surface area contributed by atoms with Crippen LogP contribution in [0, 0.1) is 0 Å². The molecule has 90 valence electrons. The Kier molecular flexibility index (Phi) is 2.07. The normalized spacial score (nSPS) is 37.9. The van der Waals surface area contributed by atoms with E-state index >= 15 is 0 Å². The molecule has 0 radical (unpaired) electrons. The van der Waals surface area contributed by atoms with Gasteiger partial charge in [0.25, 0.3) is 0 Å². The summed E-state index contributed by atoms with van der Waals surface area (Å²) in [7, 11) is 1.23. The molecule has 0 unspecified atom stereocenters. The molecule has 2 bridgehead atoms. The molecule has 1 saturated heterocycles. The van der Waals surface area contributed by atoms with E-state index < -0.39 is 29.9 Å². The quantitative estimate of drug-likeness (QED) is 0.664. The predicted molar refractivity (Wildman–Crippen MR) is 56.0 cm³/mol. The SMILES string of the molecule is COC(=O)[C@@]12O[C@@H](c3ccccc31)[C@@H](O)[C@@H]2O. The van der Waals surface area contributed by atoms with Gasteiger partial charge in [-0.25, -0.2) is 4.79 Å². The molecule has 1 aromatic rings. The number of ether oxygens (including phenoxy) is 2. The molecule has 2 N–H and O–H groups in total. The van der Waals surface area contributed by atoms with Crippen LogP contribution < -0.4 is 0 Å². The standard InChI is InChI=1S/C12H12O5/c1-16-11(15)12-7-5-3-2-4-6(7)9(17-12)8(13)10(12)14/h2-5,8-10,13-14H,1H3/t8-,9+,10+,12-/m1/s1. The zero-order chi connectivity index (χ0) is 12.2. The number of methoxy groups -OCH3 is 1. The van der Waals surface area contributed by atoms with Crippen LogP contribution in [0.2, 0.25) is 0 Å². The smallest absolute Gasteiger partial charge is 0.345 e. The molecule has 2 aliphatic rings. The number of aliphatic hydroxyl groups excluding tert-OH is 2. The highest BCUT2D eigenvalue weighted by atomic mass is 16.6. The van der Waals surface area contributed by atoms with Crippen LogP contribution in [0.3, 0.4) is 0 Å². The molecule has 2 aliphatic heterocycles. The Balaban J connectivity index is 2.23. The first-order chi connectivity index (χ1) is 8.13. The summed E-state index contributed by atoms with van der Waals surface area (Å²) in [5.41, 5.74) is -0.263. The van der Waals surface area contributed by atoms with E-state index in [1.165, 1.54) is 7.11 Å². The van der Waals surface area contributed by atoms with Crippen LogP contribution >= 0.6 is 0 Å². The number of benzene rings is 1. The summed E-state index contributed by atoms with van der Waals surface area (Å²) >= 11 is 0. The molecule has 1 aromatic carbocycles. The Morgan fingerprint density at radius 1 is 1.41 bits per heavy atom. The number of hydrogen-bond acceptors (Lipinski definition) is 5. The molecule has 1 fully saturated rings. The summed E-state index contributed by atoms with van der Waals surface area (Å²) in [5.74, 6) is -0.684. The van der Waals surface area contributed by atoms with Gasteiger partial charge in [0.05, 0.1) is 7.11 Å². The van der Waals surface area contributed by atoms with Crippen molar-refractivity contribution >= 4 is 5.97 Å². The van der Waals surface area contributed by atoms with Gasteiger partial charge in [-0.15, -0.1) is 0 Å². The molecule has 0 aromatic heterocycles. The van der Waals surface area contributed by atoms with Crippen molar-refractivity contribution < 1.29 is 24.5 Å². The van der Waals surface area contributed by atoms with E-state index in [9.17, 15) is 15.0 Å². The lowest BCUT2D eigenvalue weighted by Crippen LogP contribution is -2.49. The summed E-state index contributed by atoms with van der Waals surface area (Å²) in [6, 6.07) is 7.04. The molecule has 2 heterocycles. The summed E-state index contributed by atoms with van der Waals surface area (Å²) in [6.45, 7) is 0. The summed E-state index contributed by atoms with van der Waals surface area (Å²) in [5, 5.41) is 19.9. The fraction of sp³-hybridized carbons (Fsp3) is 0.417. The van der Waals surface area contributed by atoms with Gasteiger partial charge in [-0.05, 0) is 5.56 Å². The number of hydrogen-bond donors (Lipinski definition) is 2. The van der Waals surface area contributed by atoms with E-state index in [0.29, 0.717) is 5.56 Å². The second-order valence-electron chi connectivity index (χ2n) is 4.29. The maximum atomic E-state index is 11.9. The number of esters is 1. The van der Waals surface area contributed by atoms with Gasteiger partial charge >= 0.3 is 5.97 Å². The third-order valence-electron chi connectivity index (χ3n) is 3.52. The summed E-state index contributed by atoms with van der Waals surface area (Å²) < 4.78 is 10.2. The van der Waals surface area contributed by atoms with Gasteiger partial charge < -0.3 is 19.7 Å². The fourth-order valence-corrected chi connectivity index (χ4v) is 2.73. The zero-order valence-electron chi connectivity index (χ0n) is 9.16. The van der Waals surface area contributed by atoms with E-state index in [1.807, 2.05) is 0 Å². The highest BCUT2D eigenvalue weighted by Crippen LogP contribution is 2.55. The first-order valence-corrected chi connectivity index (χ1v) is 5.34. The Morgan fingerprint density at radius 2 is 2.12 bits per heavy atom. The fourth-order valence-electron chi connectivity index (χ4n) is 2.73. The van der Waals surface area contributed by atoms with E-state index in [1.54, 1.807) is 24.3 Å². The maximum absolute atomic E-state index is 11.9. The summed E-state index contributed by atoms with van der Waals surface area (Å²) in [4.78, 5) is 11.9.